The molecule has 2 aliphatic rings. The van der Waals surface area contributed by atoms with Crippen molar-refractivity contribution >= 4 is 5.91 Å². The van der Waals surface area contributed by atoms with E-state index in [1.54, 1.807) is 0 Å². The fraction of sp³-hybridized carbons (Fsp3) is 0.917. The predicted octanol–water partition coefficient (Wildman–Crippen LogP) is 0.252. The van der Waals surface area contributed by atoms with Crippen molar-refractivity contribution in [3.05, 3.63) is 0 Å². The summed E-state index contributed by atoms with van der Waals surface area (Å²) in [5.41, 5.74) is 0. The van der Waals surface area contributed by atoms with E-state index in [1.807, 2.05) is 13.8 Å². The third-order valence-corrected chi connectivity index (χ3v) is 3.43. The van der Waals surface area contributed by atoms with Crippen LogP contribution in [0.5, 0.6) is 0 Å². The Kier molecular flexibility index (Phi) is 3.70. The van der Waals surface area contributed by atoms with E-state index in [0.29, 0.717) is 13.2 Å². The van der Waals surface area contributed by atoms with Crippen molar-refractivity contribution in [2.45, 2.75) is 45.1 Å². The highest BCUT2D eigenvalue weighted by Gasteiger charge is 2.34. The van der Waals surface area contributed by atoms with Gasteiger partial charge in [0.15, 0.2) is 5.79 Å². The van der Waals surface area contributed by atoms with Crippen molar-refractivity contribution in [3.63, 3.8) is 0 Å². The molecule has 98 valence electrons. The molecule has 3 atom stereocenters. The van der Waals surface area contributed by atoms with Gasteiger partial charge in [-0.25, -0.2) is 0 Å². The van der Waals surface area contributed by atoms with Crippen molar-refractivity contribution in [3.8, 4) is 0 Å². The lowest BCUT2D eigenvalue weighted by molar-refractivity contribution is -0.140. The van der Waals surface area contributed by atoms with Crippen LogP contribution >= 0.6 is 0 Å². The number of rotatable bonds is 3. The van der Waals surface area contributed by atoms with E-state index in [0.717, 1.165) is 13.0 Å². The van der Waals surface area contributed by atoms with Gasteiger partial charge in [-0.3, -0.25) is 4.79 Å². The second kappa shape index (κ2) is 4.92. The fourth-order valence-corrected chi connectivity index (χ4v) is 2.43. The molecule has 0 radical (unpaired) electrons. The van der Waals surface area contributed by atoms with Gasteiger partial charge in [-0.15, -0.1) is 0 Å². The molecule has 5 heteroatoms. The summed E-state index contributed by atoms with van der Waals surface area (Å²) in [6.07, 6.45) is 0.888. The molecule has 1 amide bonds. The number of amides is 1. The number of hydrogen-bond donors (Lipinski definition) is 2. The Morgan fingerprint density at radius 3 is 2.82 bits per heavy atom. The Morgan fingerprint density at radius 1 is 1.53 bits per heavy atom. The average molecular weight is 242 g/mol. The molecule has 0 spiro atoms. The van der Waals surface area contributed by atoms with Crippen LogP contribution in [0.1, 0.15) is 27.2 Å². The molecular weight excluding hydrogens is 220 g/mol. The quantitative estimate of drug-likeness (QED) is 0.745. The molecule has 5 nitrogen and oxygen atoms in total. The molecule has 2 aliphatic heterocycles. The van der Waals surface area contributed by atoms with E-state index in [4.69, 9.17) is 9.47 Å². The SMILES string of the molecule is CC1NCCC1C(=O)NCC1COC(C)(C)O1. The zero-order valence-electron chi connectivity index (χ0n) is 10.8. The van der Waals surface area contributed by atoms with Crippen LogP contribution in [-0.2, 0) is 14.3 Å². The van der Waals surface area contributed by atoms with Gasteiger partial charge in [-0.1, -0.05) is 0 Å². The zero-order chi connectivity index (χ0) is 12.5. The fourth-order valence-electron chi connectivity index (χ4n) is 2.43. The van der Waals surface area contributed by atoms with Crippen LogP contribution in [0.15, 0.2) is 0 Å². The number of hydrogen-bond acceptors (Lipinski definition) is 4. The summed E-state index contributed by atoms with van der Waals surface area (Å²) in [7, 11) is 0. The monoisotopic (exact) mass is 242 g/mol. The molecule has 0 aromatic heterocycles. The van der Waals surface area contributed by atoms with Gasteiger partial charge in [0.1, 0.15) is 6.10 Å². The molecule has 2 fully saturated rings. The lowest BCUT2D eigenvalue weighted by Gasteiger charge is -2.19. The first-order valence-electron chi connectivity index (χ1n) is 6.31. The molecule has 0 aromatic carbocycles. The minimum Gasteiger partial charge on any atom is -0.353 e. The maximum Gasteiger partial charge on any atom is 0.224 e. The van der Waals surface area contributed by atoms with E-state index in [9.17, 15) is 4.79 Å². The van der Waals surface area contributed by atoms with Crippen LogP contribution in [-0.4, -0.2) is 43.5 Å². The first-order chi connectivity index (χ1) is 7.98. The maximum absolute atomic E-state index is 11.9. The van der Waals surface area contributed by atoms with E-state index in [-0.39, 0.29) is 24.0 Å². The van der Waals surface area contributed by atoms with Crippen molar-refractivity contribution in [2.75, 3.05) is 19.7 Å². The Hall–Kier alpha value is -0.650. The second-order valence-corrected chi connectivity index (χ2v) is 5.33. The number of carbonyl (C=O) groups is 1. The van der Waals surface area contributed by atoms with Gasteiger partial charge in [0.05, 0.1) is 12.5 Å². The number of ether oxygens (including phenoxy) is 2. The molecule has 0 aliphatic carbocycles. The highest BCUT2D eigenvalue weighted by Crippen LogP contribution is 2.22. The molecule has 2 heterocycles. The van der Waals surface area contributed by atoms with Gasteiger partial charge >= 0.3 is 0 Å². The summed E-state index contributed by atoms with van der Waals surface area (Å²) in [6, 6.07) is 0.271. The Morgan fingerprint density at radius 2 is 2.29 bits per heavy atom. The standard InChI is InChI=1S/C12H22N2O3/c1-8-10(4-5-13-8)11(15)14-6-9-7-16-12(2,3)17-9/h8-10,13H,4-7H2,1-3H3,(H,14,15). The largest absolute Gasteiger partial charge is 0.353 e. The van der Waals surface area contributed by atoms with Crippen molar-refractivity contribution < 1.29 is 14.3 Å². The molecule has 2 saturated heterocycles. The first kappa shape index (κ1) is 12.8. The normalized spacial score (nSPS) is 36.1. The van der Waals surface area contributed by atoms with Gasteiger partial charge in [-0.2, -0.15) is 0 Å². The average Bonchev–Trinajstić information content (AvgIpc) is 2.81. The first-order valence-corrected chi connectivity index (χ1v) is 6.31. The molecular formula is C12H22N2O3. The topological polar surface area (TPSA) is 59.6 Å². The minimum absolute atomic E-state index is 0.0291. The van der Waals surface area contributed by atoms with E-state index >= 15 is 0 Å². The van der Waals surface area contributed by atoms with Gasteiger partial charge in [0.25, 0.3) is 0 Å². The van der Waals surface area contributed by atoms with Gasteiger partial charge < -0.3 is 20.1 Å². The van der Waals surface area contributed by atoms with E-state index in [2.05, 4.69) is 17.6 Å². The third kappa shape index (κ3) is 3.18. The van der Waals surface area contributed by atoms with Crippen LogP contribution < -0.4 is 10.6 Å². The summed E-state index contributed by atoms with van der Waals surface area (Å²) < 4.78 is 11.1. The molecule has 3 unspecified atom stereocenters. The van der Waals surface area contributed by atoms with Crippen LogP contribution in [0.25, 0.3) is 0 Å². The van der Waals surface area contributed by atoms with Crippen LogP contribution in [0.4, 0.5) is 0 Å². The van der Waals surface area contributed by atoms with Gasteiger partial charge in [0.2, 0.25) is 5.91 Å². The summed E-state index contributed by atoms with van der Waals surface area (Å²) in [6.45, 7) is 7.83. The van der Waals surface area contributed by atoms with Crippen LogP contribution in [0.3, 0.4) is 0 Å². The van der Waals surface area contributed by atoms with Crippen molar-refractivity contribution in [1.29, 1.82) is 0 Å². The summed E-state index contributed by atoms with van der Waals surface area (Å²) >= 11 is 0. The minimum atomic E-state index is -0.516. The lowest BCUT2D eigenvalue weighted by atomic mass is 10.0. The molecule has 17 heavy (non-hydrogen) atoms. The van der Waals surface area contributed by atoms with Crippen molar-refractivity contribution in [1.82, 2.24) is 10.6 Å². The number of nitrogens with one attached hydrogen (secondary N) is 2. The highest BCUT2D eigenvalue weighted by atomic mass is 16.7. The van der Waals surface area contributed by atoms with E-state index < -0.39 is 5.79 Å². The molecule has 0 bridgehead atoms. The van der Waals surface area contributed by atoms with Gasteiger partial charge in [-0.05, 0) is 33.7 Å². The molecule has 0 saturated carbocycles. The Balaban J connectivity index is 1.73. The smallest absolute Gasteiger partial charge is 0.224 e. The second-order valence-electron chi connectivity index (χ2n) is 5.33. The molecule has 2 rings (SSSR count). The highest BCUT2D eigenvalue weighted by molar-refractivity contribution is 5.79. The Bertz CT molecular complexity index is 293. The van der Waals surface area contributed by atoms with Gasteiger partial charge in [0, 0.05) is 12.6 Å². The summed E-state index contributed by atoms with van der Waals surface area (Å²) in [4.78, 5) is 11.9. The van der Waals surface area contributed by atoms with E-state index in [1.165, 1.54) is 0 Å². The maximum atomic E-state index is 11.9. The number of carbonyl (C=O) groups excluding carboxylic acids is 1. The van der Waals surface area contributed by atoms with Crippen LogP contribution in [0.2, 0.25) is 0 Å². The predicted molar refractivity (Wildman–Crippen MR) is 63.5 cm³/mol. The van der Waals surface area contributed by atoms with Crippen LogP contribution in [0, 0.1) is 5.92 Å². The zero-order valence-corrected chi connectivity index (χ0v) is 10.8. The third-order valence-electron chi connectivity index (χ3n) is 3.43. The Labute approximate surface area is 102 Å². The molecule has 2 N–H and O–H groups in total. The summed E-state index contributed by atoms with van der Waals surface area (Å²) in [5.74, 6) is -0.307. The van der Waals surface area contributed by atoms with Crippen molar-refractivity contribution in [2.24, 2.45) is 5.92 Å². The molecule has 0 aromatic rings. The summed E-state index contributed by atoms with van der Waals surface area (Å²) in [5, 5.41) is 6.23. The lowest BCUT2D eigenvalue weighted by Crippen LogP contribution is -2.41.